The summed E-state index contributed by atoms with van der Waals surface area (Å²) in [5.41, 5.74) is -1.09. The number of hydrogen-bond donors (Lipinski definition) is 1. The second kappa shape index (κ2) is 3.37. The fourth-order valence-electron chi connectivity index (χ4n) is 0.424. The van der Waals surface area contributed by atoms with Crippen molar-refractivity contribution in [2.45, 2.75) is 12.9 Å². The average Bonchev–Trinajstić information content (AvgIpc) is 2.39. The fourth-order valence-corrected chi connectivity index (χ4v) is 0.424. The number of rotatable bonds is 2. The monoisotopic (exact) mass is 148 g/mol. The second-order valence-electron chi connectivity index (χ2n) is 1.46. The lowest BCUT2D eigenvalue weighted by Crippen LogP contribution is -2.11. The van der Waals surface area contributed by atoms with Crippen molar-refractivity contribution in [1.29, 1.82) is 0 Å². The first-order valence-electron chi connectivity index (χ1n) is 8.89. The molecule has 1 aromatic rings. The molecule has 0 unspecified atom stereocenters. The Bertz CT molecular complexity index is 588. The predicted molar refractivity (Wildman–Crippen MR) is 43.9 cm³/mol. The van der Waals surface area contributed by atoms with Crippen molar-refractivity contribution >= 4 is 0 Å². The fraction of sp³-hybridized carbons (Fsp3) is 0.333. The largest absolute Gasteiger partial charge is 0.313 e. The molecule has 0 saturated carbocycles. The Kier molecular flexibility index (Phi) is 0.421. The van der Waals surface area contributed by atoms with E-state index < -0.39 is 60.9 Å². The molecule has 0 heterocycles. The Morgan fingerprint density at radius 1 is 1.70 bits per heavy atom. The van der Waals surface area contributed by atoms with Crippen LogP contribution in [0.4, 0.5) is 0 Å². The zero-order valence-corrected chi connectivity index (χ0v) is 4.95. The molecule has 0 saturated heterocycles. The smallest absolute Gasteiger partial charge is 0.122 e. The first-order valence-corrected chi connectivity index (χ1v) is 2.45. The van der Waals surface area contributed by atoms with Gasteiger partial charge in [-0.3, -0.25) is 0 Å². The van der Waals surface area contributed by atoms with E-state index in [4.69, 9.17) is 17.9 Å². The van der Waals surface area contributed by atoms with Crippen LogP contribution >= 0.6 is 0 Å². The van der Waals surface area contributed by atoms with Gasteiger partial charge >= 0.3 is 0 Å². The van der Waals surface area contributed by atoms with Gasteiger partial charge in [0.1, 0.15) is 1.41 Å². The molecule has 0 aliphatic rings. The van der Waals surface area contributed by atoms with Crippen LogP contribution in [0.15, 0.2) is 30.2 Å². The van der Waals surface area contributed by atoms with Gasteiger partial charge in [0.2, 0.25) is 0 Å². The molecule has 1 N–H and O–H groups in total. The third kappa shape index (κ3) is 1.58. The minimum absolute atomic E-state index is 0.541. The van der Waals surface area contributed by atoms with Crippen LogP contribution in [0.3, 0.4) is 0 Å². The van der Waals surface area contributed by atoms with Gasteiger partial charge in [-0.15, -0.1) is 0 Å². The first-order chi connectivity index (χ1) is 10.1. The second-order valence-corrected chi connectivity index (χ2v) is 1.46. The van der Waals surface area contributed by atoms with Crippen molar-refractivity contribution in [3.05, 3.63) is 35.8 Å². The van der Waals surface area contributed by atoms with Crippen molar-refractivity contribution in [2.75, 3.05) is 6.98 Å². The van der Waals surface area contributed by atoms with Gasteiger partial charge in [-0.25, -0.2) is 0 Å². The van der Waals surface area contributed by atoms with Crippen molar-refractivity contribution in [3.63, 3.8) is 0 Å². The summed E-state index contributed by atoms with van der Waals surface area (Å²) in [5.74, 6) is 0. The minimum Gasteiger partial charge on any atom is -0.313 e. The summed E-state index contributed by atoms with van der Waals surface area (Å²) in [4.78, 5) is 0. The molecule has 1 rings (SSSR count). The predicted octanol–water partition coefficient (Wildman–Crippen LogP) is 1.97. The molecule has 0 fully saturated rings. The Morgan fingerprint density at radius 2 is 2.50 bits per heavy atom. The van der Waals surface area contributed by atoms with E-state index in [0.29, 0.717) is 0 Å². The van der Waals surface area contributed by atoms with Crippen LogP contribution in [0.2, 0.25) is 1.41 Å². The molecule has 0 radical (unpaired) electrons. The van der Waals surface area contributed by atoms with Gasteiger partial charge in [0.05, 0.1) is 8.22 Å². The summed E-state index contributed by atoms with van der Waals surface area (Å²) < 4.78 is 97.3. The highest BCUT2D eigenvalue weighted by Gasteiger charge is 1.97. The molecule has 1 nitrogen and oxygen atoms in total. The lowest BCUT2D eigenvalue weighted by molar-refractivity contribution is 0.652. The lowest BCUT2D eigenvalue weighted by atomic mass is 10.1. The maximum atomic E-state index is 8.07. The third-order valence-electron chi connectivity index (χ3n) is 0.849. The van der Waals surface area contributed by atoms with E-state index in [1.165, 1.54) is 0 Å². The van der Waals surface area contributed by atoms with Crippen LogP contribution in [-0.2, 0) is 0 Å². The van der Waals surface area contributed by atoms with Crippen LogP contribution in [0, 0.1) is 0 Å². The number of nitrogens with one attached hydrogen (secondary N) is 1. The van der Waals surface area contributed by atoms with Crippen molar-refractivity contribution in [1.82, 2.24) is 5.31 Å². The molecular formula is C9H13N. The van der Waals surface area contributed by atoms with E-state index in [1.807, 2.05) is 0 Å². The molecular weight excluding hydrogens is 122 g/mol. The van der Waals surface area contributed by atoms with Gasteiger partial charge in [-0.05, 0) is 19.4 Å². The SMILES string of the molecule is [2H]c1c([2H])c([2H])c([C@]([2H])(N([2H])C([2H])([2H])[2H])C([2H])([2H])[2H])c([2H])c1[2H]. The Morgan fingerprint density at radius 3 is 3.10 bits per heavy atom. The highest BCUT2D eigenvalue weighted by molar-refractivity contribution is 5.17. The molecule has 0 aliphatic heterocycles. The zero-order chi connectivity index (χ0) is 18.5. The Labute approximate surface area is 80.4 Å². The minimum atomic E-state index is -3.48. The van der Waals surface area contributed by atoms with Gasteiger partial charge in [-0.1, -0.05) is 30.2 Å². The highest BCUT2D eigenvalue weighted by atomic mass is 14.8. The molecule has 10 heavy (non-hydrogen) atoms. The van der Waals surface area contributed by atoms with E-state index in [0.717, 1.165) is 0 Å². The van der Waals surface area contributed by atoms with Gasteiger partial charge in [0.15, 0.2) is 0 Å². The quantitative estimate of drug-likeness (QED) is 0.676. The topological polar surface area (TPSA) is 12.0 Å². The summed E-state index contributed by atoms with van der Waals surface area (Å²) in [6.07, 6.45) is 0. The van der Waals surface area contributed by atoms with E-state index in [-0.39, 0.29) is 0 Å². The van der Waals surface area contributed by atoms with E-state index in [9.17, 15) is 0 Å². The molecule has 0 bridgehead atoms. The van der Waals surface area contributed by atoms with Crippen molar-refractivity contribution in [3.8, 4) is 0 Å². The molecule has 1 aromatic carbocycles. The summed E-state index contributed by atoms with van der Waals surface area (Å²) in [6.45, 7) is -6.84. The maximum absolute atomic E-state index is 8.07. The Balaban J connectivity index is 3.93. The van der Waals surface area contributed by atoms with Crippen LogP contribution in [0.25, 0.3) is 0 Å². The number of benzene rings is 1. The highest BCUT2D eigenvalue weighted by Crippen LogP contribution is 2.09. The van der Waals surface area contributed by atoms with E-state index in [1.54, 1.807) is 0 Å². The molecule has 0 aliphatic carbocycles. The van der Waals surface area contributed by atoms with Gasteiger partial charge < -0.3 is 5.31 Å². The summed E-state index contributed by atoms with van der Waals surface area (Å²) in [5, 5.41) is -0.541. The summed E-state index contributed by atoms with van der Waals surface area (Å²) in [7, 11) is 0. The van der Waals surface area contributed by atoms with E-state index >= 15 is 0 Å². The van der Waals surface area contributed by atoms with Gasteiger partial charge in [0.25, 0.3) is 0 Å². The average molecular weight is 148 g/mol. The van der Waals surface area contributed by atoms with Crippen LogP contribution < -0.4 is 5.31 Å². The van der Waals surface area contributed by atoms with Crippen molar-refractivity contribution < 1.29 is 17.9 Å². The maximum Gasteiger partial charge on any atom is 0.122 e. The first kappa shape index (κ1) is 1.25. The van der Waals surface area contributed by atoms with Crippen molar-refractivity contribution in [2.24, 2.45) is 0 Å². The zero-order valence-electron chi connectivity index (χ0n) is 17.9. The summed E-state index contributed by atoms with van der Waals surface area (Å²) in [6, 6.07) is -8.11. The Hall–Kier alpha value is -0.820. The molecule has 0 amide bonds. The molecule has 1 heteroatoms. The molecule has 54 valence electrons. The standard InChI is InChI=1S/C9H13N/c1-8(10-2)9-6-4-3-5-7-9/h3-8,10H,1-2H3/t8-/m1/s1/i1D3,2D3,3D,4D,5D,6D,7D,8D/hD. The van der Waals surface area contributed by atoms with Gasteiger partial charge in [0, 0.05) is 14.2 Å². The normalized spacial score (nSPS) is 37.9. The number of hydrogen-bond acceptors (Lipinski definition) is 1. The summed E-state index contributed by atoms with van der Waals surface area (Å²) >= 11 is 0. The lowest BCUT2D eigenvalue weighted by Gasteiger charge is -2.08. The molecule has 0 spiro atoms. The molecule has 1 atom stereocenters. The van der Waals surface area contributed by atoms with E-state index in [2.05, 4.69) is 0 Å². The van der Waals surface area contributed by atoms with Crippen LogP contribution in [0.1, 0.15) is 34.9 Å². The third-order valence-corrected chi connectivity index (χ3v) is 0.849. The van der Waals surface area contributed by atoms with Crippen LogP contribution in [0.5, 0.6) is 0 Å². The van der Waals surface area contributed by atoms with Crippen LogP contribution in [-0.4, -0.2) is 6.98 Å². The van der Waals surface area contributed by atoms with Gasteiger partial charge in [-0.2, -0.15) is 0 Å². The molecule has 0 aromatic heterocycles.